The molecule has 0 saturated carbocycles. The number of ether oxygens (including phenoxy) is 2. The lowest BCUT2D eigenvalue weighted by Gasteiger charge is -2.26. The highest BCUT2D eigenvalue weighted by Crippen LogP contribution is 2.25. The first-order valence-electron chi connectivity index (χ1n) is 8.23. The van der Waals surface area contributed by atoms with E-state index in [9.17, 15) is 9.59 Å². The quantitative estimate of drug-likeness (QED) is 0.841. The number of fused-ring (bicyclic) bond motifs is 1. The van der Waals surface area contributed by atoms with Crippen molar-refractivity contribution in [2.24, 2.45) is 5.41 Å². The number of nitrogens with zero attached hydrogens (tertiary/aromatic N) is 3. The number of nitrogens with one attached hydrogen (secondary N) is 1. The number of rotatable bonds is 4. The zero-order valence-corrected chi connectivity index (χ0v) is 14.7. The number of amides is 1. The van der Waals surface area contributed by atoms with Crippen LogP contribution in [-0.4, -0.2) is 64.5 Å². The van der Waals surface area contributed by atoms with Crippen LogP contribution < -0.4 is 4.74 Å². The van der Waals surface area contributed by atoms with Crippen molar-refractivity contribution in [1.82, 2.24) is 19.9 Å². The minimum Gasteiger partial charge on any atom is -0.466 e. The number of aromatic nitrogens is 3. The monoisotopic (exact) mass is 346 g/mol. The second-order valence-electron chi connectivity index (χ2n) is 6.97. The zero-order valence-electron chi connectivity index (χ0n) is 14.7. The van der Waals surface area contributed by atoms with Gasteiger partial charge in [-0.15, -0.1) is 0 Å². The van der Waals surface area contributed by atoms with E-state index in [2.05, 4.69) is 15.0 Å². The molecule has 1 aliphatic heterocycles. The van der Waals surface area contributed by atoms with E-state index in [1.54, 1.807) is 11.1 Å². The van der Waals surface area contributed by atoms with Gasteiger partial charge in [-0.2, -0.15) is 0 Å². The number of hydrogen-bond acceptors (Lipinski definition) is 6. The average molecular weight is 346 g/mol. The van der Waals surface area contributed by atoms with E-state index < -0.39 is 5.41 Å². The van der Waals surface area contributed by atoms with Crippen molar-refractivity contribution in [3.63, 3.8) is 0 Å². The van der Waals surface area contributed by atoms with Crippen molar-refractivity contribution in [2.45, 2.75) is 20.8 Å². The van der Waals surface area contributed by atoms with Gasteiger partial charge in [0.1, 0.15) is 5.52 Å². The highest BCUT2D eigenvalue weighted by atomic mass is 16.5. The molecule has 0 radical (unpaired) electrons. The summed E-state index contributed by atoms with van der Waals surface area (Å²) in [6.45, 7) is 7.64. The van der Waals surface area contributed by atoms with Gasteiger partial charge in [0.15, 0.2) is 18.0 Å². The topological polar surface area (TPSA) is 97.4 Å². The summed E-state index contributed by atoms with van der Waals surface area (Å²) in [5.41, 5.74) is 0.913. The van der Waals surface area contributed by atoms with Crippen LogP contribution in [0.2, 0.25) is 0 Å². The lowest BCUT2D eigenvalue weighted by molar-refractivity contribution is -0.137. The molecule has 0 unspecified atom stereocenters. The molecule has 8 nitrogen and oxygen atoms in total. The largest absolute Gasteiger partial charge is 0.466 e. The number of hydrogen-bond donors (Lipinski definition) is 1. The fourth-order valence-electron chi connectivity index (χ4n) is 2.56. The summed E-state index contributed by atoms with van der Waals surface area (Å²) in [7, 11) is 0. The van der Waals surface area contributed by atoms with Gasteiger partial charge in [-0.3, -0.25) is 9.59 Å². The fraction of sp³-hybridized carbons (Fsp3) is 0.529. The van der Waals surface area contributed by atoms with Crippen molar-refractivity contribution < 1.29 is 19.1 Å². The van der Waals surface area contributed by atoms with Crippen LogP contribution >= 0.6 is 0 Å². The number of ketones is 1. The smallest absolute Gasteiger partial charge is 0.260 e. The molecule has 1 saturated heterocycles. The van der Waals surface area contributed by atoms with E-state index in [0.29, 0.717) is 43.0 Å². The number of Topliss-reactive ketones (excluding diaryl/α,β-unsaturated/α-hetero) is 1. The van der Waals surface area contributed by atoms with Gasteiger partial charge in [0, 0.05) is 24.7 Å². The lowest BCUT2D eigenvalue weighted by atomic mass is 9.87. The molecule has 1 N–H and O–H groups in total. The van der Waals surface area contributed by atoms with Crippen LogP contribution in [0.15, 0.2) is 12.4 Å². The Labute approximate surface area is 145 Å². The maximum Gasteiger partial charge on any atom is 0.260 e. The van der Waals surface area contributed by atoms with E-state index in [4.69, 9.17) is 9.47 Å². The molecule has 1 fully saturated rings. The van der Waals surface area contributed by atoms with Gasteiger partial charge in [-0.05, 0) is 0 Å². The minimum atomic E-state index is -0.528. The van der Waals surface area contributed by atoms with E-state index in [0.717, 1.165) is 0 Å². The van der Waals surface area contributed by atoms with Crippen LogP contribution in [0.5, 0.6) is 5.88 Å². The second-order valence-corrected chi connectivity index (χ2v) is 6.97. The van der Waals surface area contributed by atoms with Crippen LogP contribution in [0.3, 0.4) is 0 Å². The van der Waals surface area contributed by atoms with E-state index in [1.165, 1.54) is 6.20 Å². The van der Waals surface area contributed by atoms with E-state index in [-0.39, 0.29) is 24.2 Å². The second kappa shape index (κ2) is 6.79. The molecule has 1 aliphatic rings. The molecule has 0 spiro atoms. The number of aromatic amines is 1. The Hall–Kier alpha value is -2.48. The predicted molar refractivity (Wildman–Crippen MR) is 90.6 cm³/mol. The van der Waals surface area contributed by atoms with Crippen LogP contribution in [0.4, 0.5) is 0 Å². The number of carbonyl (C=O) groups excluding carboxylic acids is 2. The molecule has 25 heavy (non-hydrogen) atoms. The minimum absolute atomic E-state index is 0.0328. The summed E-state index contributed by atoms with van der Waals surface area (Å²) >= 11 is 0. The highest BCUT2D eigenvalue weighted by Gasteiger charge is 2.26. The standard InChI is InChI=1S/C17H22N4O4/c1-17(2,3)15(23)11-8-18-16-14(11)20-12(9-19-16)25-10-13(22)21-4-6-24-7-5-21/h8-9H,4-7,10H2,1-3H3,(H,18,19). The predicted octanol–water partition coefficient (Wildman–Crippen LogP) is 1.42. The number of morpholine rings is 1. The third kappa shape index (κ3) is 3.79. The maximum atomic E-state index is 12.5. The fourth-order valence-corrected chi connectivity index (χ4v) is 2.56. The molecule has 3 heterocycles. The van der Waals surface area contributed by atoms with Crippen molar-refractivity contribution in [1.29, 1.82) is 0 Å². The zero-order chi connectivity index (χ0) is 18.0. The third-order valence-electron chi connectivity index (χ3n) is 3.99. The average Bonchev–Trinajstić information content (AvgIpc) is 3.02. The summed E-state index contributed by atoms with van der Waals surface area (Å²) in [5.74, 6) is 0.0662. The summed E-state index contributed by atoms with van der Waals surface area (Å²) < 4.78 is 10.7. The van der Waals surface area contributed by atoms with Crippen molar-refractivity contribution in [2.75, 3.05) is 32.9 Å². The molecule has 0 aliphatic carbocycles. The first kappa shape index (κ1) is 17.3. The Balaban J connectivity index is 1.74. The number of carbonyl (C=O) groups is 2. The van der Waals surface area contributed by atoms with Crippen molar-refractivity contribution >= 4 is 22.9 Å². The first-order chi connectivity index (χ1) is 11.9. The molecular formula is C17H22N4O4. The molecule has 1 amide bonds. The van der Waals surface area contributed by atoms with Gasteiger partial charge in [0.2, 0.25) is 5.88 Å². The molecule has 2 aromatic rings. The molecular weight excluding hydrogens is 324 g/mol. The third-order valence-corrected chi connectivity index (χ3v) is 3.99. The molecule has 0 bridgehead atoms. The maximum absolute atomic E-state index is 12.5. The van der Waals surface area contributed by atoms with E-state index in [1.807, 2.05) is 20.8 Å². The SMILES string of the molecule is CC(C)(C)C(=O)c1c[nH]c2ncc(OCC(=O)N3CCOCC3)nc12. The Morgan fingerprint density at radius 1 is 1.32 bits per heavy atom. The van der Waals surface area contributed by atoms with Crippen molar-refractivity contribution in [3.05, 3.63) is 18.0 Å². The van der Waals surface area contributed by atoms with Gasteiger partial charge >= 0.3 is 0 Å². The summed E-state index contributed by atoms with van der Waals surface area (Å²) in [6, 6.07) is 0. The first-order valence-corrected chi connectivity index (χ1v) is 8.23. The normalized spacial score (nSPS) is 15.4. The molecule has 0 aromatic carbocycles. The van der Waals surface area contributed by atoms with Gasteiger partial charge in [0.05, 0.1) is 25.0 Å². The molecule has 3 rings (SSSR count). The summed E-state index contributed by atoms with van der Waals surface area (Å²) in [4.78, 5) is 37.9. The Bertz CT molecular complexity index is 788. The summed E-state index contributed by atoms with van der Waals surface area (Å²) in [5, 5.41) is 0. The highest BCUT2D eigenvalue weighted by molar-refractivity contribution is 6.08. The molecule has 2 aromatic heterocycles. The molecule has 0 atom stereocenters. The van der Waals surface area contributed by atoms with Crippen LogP contribution in [0, 0.1) is 5.41 Å². The Morgan fingerprint density at radius 2 is 2.04 bits per heavy atom. The van der Waals surface area contributed by atoms with Crippen LogP contribution in [0.25, 0.3) is 11.2 Å². The molecule has 8 heteroatoms. The molecule has 134 valence electrons. The Morgan fingerprint density at radius 3 is 2.72 bits per heavy atom. The number of H-pyrrole nitrogens is 1. The van der Waals surface area contributed by atoms with Crippen LogP contribution in [-0.2, 0) is 9.53 Å². The van der Waals surface area contributed by atoms with Gasteiger partial charge in [0.25, 0.3) is 5.91 Å². The van der Waals surface area contributed by atoms with E-state index >= 15 is 0 Å². The van der Waals surface area contributed by atoms with Gasteiger partial charge in [-0.1, -0.05) is 20.8 Å². The van der Waals surface area contributed by atoms with Crippen molar-refractivity contribution in [3.8, 4) is 5.88 Å². The van der Waals surface area contributed by atoms with Gasteiger partial charge < -0.3 is 19.4 Å². The van der Waals surface area contributed by atoms with Gasteiger partial charge in [-0.25, -0.2) is 9.97 Å². The van der Waals surface area contributed by atoms with Crippen LogP contribution in [0.1, 0.15) is 31.1 Å². The summed E-state index contributed by atoms with van der Waals surface area (Å²) in [6.07, 6.45) is 3.05. The lowest BCUT2D eigenvalue weighted by Crippen LogP contribution is -2.43. The Kier molecular flexibility index (Phi) is 4.71.